The van der Waals surface area contributed by atoms with Gasteiger partial charge in [0.2, 0.25) is 0 Å². The molecule has 2 heterocycles. The maximum Gasteiger partial charge on any atom is 0.261 e. The third-order valence-corrected chi connectivity index (χ3v) is 7.31. The highest BCUT2D eigenvalue weighted by Gasteiger charge is 2.35. The molecule has 0 saturated carbocycles. The van der Waals surface area contributed by atoms with E-state index < -0.39 is 0 Å². The lowest BCUT2D eigenvalue weighted by atomic mass is 9.92. The number of rotatable bonds is 10. The molecule has 0 aromatic heterocycles. The second-order valence-corrected chi connectivity index (χ2v) is 9.28. The van der Waals surface area contributed by atoms with Gasteiger partial charge in [0, 0.05) is 25.7 Å². The molecular formula is C28H35N3O5. The molecule has 1 atom stereocenters. The largest absolute Gasteiger partial charge is 0.496 e. The molecule has 36 heavy (non-hydrogen) atoms. The predicted molar refractivity (Wildman–Crippen MR) is 136 cm³/mol. The number of imide groups is 1. The quantitative estimate of drug-likeness (QED) is 0.511. The van der Waals surface area contributed by atoms with Crippen molar-refractivity contribution in [2.75, 3.05) is 40.0 Å². The van der Waals surface area contributed by atoms with Crippen LogP contribution >= 0.6 is 0 Å². The Morgan fingerprint density at radius 3 is 2.25 bits per heavy atom. The van der Waals surface area contributed by atoms with Crippen LogP contribution < -0.4 is 10.1 Å². The van der Waals surface area contributed by atoms with Crippen LogP contribution in [0.5, 0.6) is 5.75 Å². The first-order valence-corrected chi connectivity index (χ1v) is 12.7. The second kappa shape index (κ2) is 11.7. The lowest BCUT2D eigenvalue weighted by molar-refractivity contribution is 0.00190. The van der Waals surface area contributed by atoms with Gasteiger partial charge in [-0.1, -0.05) is 44.9 Å². The van der Waals surface area contributed by atoms with E-state index in [1.807, 2.05) is 0 Å². The van der Waals surface area contributed by atoms with Crippen LogP contribution in [0, 0.1) is 5.92 Å². The summed E-state index contributed by atoms with van der Waals surface area (Å²) in [6.07, 6.45) is 2.07. The minimum absolute atomic E-state index is 0.0841. The van der Waals surface area contributed by atoms with Gasteiger partial charge in [-0.05, 0) is 35.7 Å². The van der Waals surface area contributed by atoms with Gasteiger partial charge < -0.3 is 14.8 Å². The summed E-state index contributed by atoms with van der Waals surface area (Å²) in [4.78, 5) is 42.5. The molecule has 2 aliphatic heterocycles. The first-order chi connectivity index (χ1) is 17.5. The van der Waals surface area contributed by atoms with Crippen molar-refractivity contribution in [3.05, 3.63) is 64.7 Å². The van der Waals surface area contributed by atoms with Gasteiger partial charge in [-0.15, -0.1) is 0 Å². The van der Waals surface area contributed by atoms with E-state index in [0.29, 0.717) is 53.7 Å². The Morgan fingerprint density at radius 2 is 1.67 bits per heavy atom. The van der Waals surface area contributed by atoms with Crippen LogP contribution in [0.15, 0.2) is 42.5 Å². The Labute approximate surface area is 212 Å². The second-order valence-electron chi connectivity index (χ2n) is 9.28. The number of benzene rings is 2. The van der Waals surface area contributed by atoms with Gasteiger partial charge in [0.1, 0.15) is 5.75 Å². The Balaban J connectivity index is 1.50. The molecule has 2 aliphatic rings. The smallest absolute Gasteiger partial charge is 0.261 e. The van der Waals surface area contributed by atoms with Crippen LogP contribution in [0.25, 0.3) is 0 Å². The molecule has 8 heteroatoms. The van der Waals surface area contributed by atoms with Crippen molar-refractivity contribution >= 4 is 17.7 Å². The van der Waals surface area contributed by atoms with Crippen LogP contribution in [-0.4, -0.2) is 73.5 Å². The summed E-state index contributed by atoms with van der Waals surface area (Å²) in [5, 5.41) is 3.12. The van der Waals surface area contributed by atoms with Gasteiger partial charge in [-0.2, -0.15) is 0 Å². The number of fused-ring (bicyclic) bond motifs is 1. The van der Waals surface area contributed by atoms with Crippen LogP contribution in [-0.2, 0) is 11.3 Å². The number of ether oxygens (including phenoxy) is 2. The van der Waals surface area contributed by atoms with Crippen LogP contribution in [0.1, 0.15) is 63.3 Å². The number of amides is 3. The van der Waals surface area contributed by atoms with Gasteiger partial charge in [-0.25, -0.2) is 0 Å². The number of methoxy groups -OCH3 is 1. The normalized spacial score (nSPS) is 16.8. The first-order valence-electron chi connectivity index (χ1n) is 12.7. The maximum absolute atomic E-state index is 13.3. The maximum atomic E-state index is 13.3. The number of carbonyl (C=O) groups is 3. The van der Waals surface area contributed by atoms with Crippen molar-refractivity contribution in [1.82, 2.24) is 15.1 Å². The van der Waals surface area contributed by atoms with Crippen molar-refractivity contribution in [3.63, 3.8) is 0 Å². The summed E-state index contributed by atoms with van der Waals surface area (Å²) in [7, 11) is 1.52. The van der Waals surface area contributed by atoms with Gasteiger partial charge in [0.15, 0.2) is 0 Å². The zero-order valence-corrected chi connectivity index (χ0v) is 21.3. The van der Waals surface area contributed by atoms with Crippen molar-refractivity contribution < 1.29 is 23.9 Å². The Kier molecular flexibility index (Phi) is 8.38. The fraction of sp³-hybridized carbons (Fsp3) is 0.464. The standard InChI is InChI=1S/C28H35N3O5/c1-4-20(5-2)24(30-12-14-36-15-13-30)17-29-26(32)23-16-19(10-11-25(23)35-3)18-31-27(33)21-8-6-7-9-22(21)28(31)34/h6-11,16,20,24H,4-5,12-15,17-18H2,1-3H3,(H,29,32). The molecule has 1 saturated heterocycles. The minimum Gasteiger partial charge on any atom is -0.496 e. The Morgan fingerprint density at radius 1 is 1.03 bits per heavy atom. The molecule has 3 amide bonds. The molecule has 8 nitrogen and oxygen atoms in total. The van der Waals surface area contributed by atoms with Crippen molar-refractivity contribution in [1.29, 1.82) is 0 Å². The van der Waals surface area contributed by atoms with Gasteiger partial charge in [-0.3, -0.25) is 24.2 Å². The average Bonchev–Trinajstić information content (AvgIpc) is 3.16. The van der Waals surface area contributed by atoms with Gasteiger partial charge >= 0.3 is 0 Å². The van der Waals surface area contributed by atoms with Crippen molar-refractivity contribution in [2.45, 2.75) is 39.3 Å². The van der Waals surface area contributed by atoms with E-state index in [1.54, 1.807) is 42.5 Å². The Hall–Kier alpha value is -3.23. The predicted octanol–water partition coefficient (Wildman–Crippen LogP) is 3.36. The molecular weight excluding hydrogens is 458 g/mol. The molecule has 0 radical (unpaired) electrons. The highest BCUT2D eigenvalue weighted by Crippen LogP contribution is 2.27. The van der Waals surface area contributed by atoms with Gasteiger partial charge in [0.25, 0.3) is 17.7 Å². The van der Waals surface area contributed by atoms with E-state index in [4.69, 9.17) is 9.47 Å². The highest BCUT2D eigenvalue weighted by atomic mass is 16.5. The van der Waals surface area contributed by atoms with E-state index in [2.05, 4.69) is 24.1 Å². The molecule has 192 valence electrons. The van der Waals surface area contributed by atoms with Crippen LogP contribution in [0.4, 0.5) is 0 Å². The number of nitrogens with one attached hydrogen (secondary N) is 1. The van der Waals surface area contributed by atoms with E-state index in [1.165, 1.54) is 12.0 Å². The SMILES string of the molecule is CCC(CC)C(CNC(=O)c1cc(CN2C(=O)c3ccccc3C2=O)ccc1OC)N1CCOCC1. The number of carbonyl (C=O) groups excluding carboxylic acids is 3. The molecule has 0 spiro atoms. The molecule has 1 N–H and O–H groups in total. The van der Waals surface area contributed by atoms with Crippen LogP contribution in [0.2, 0.25) is 0 Å². The average molecular weight is 494 g/mol. The number of morpholine rings is 1. The lowest BCUT2D eigenvalue weighted by Crippen LogP contribution is -2.52. The molecule has 2 aromatic carbocycles. The zero-order chi connectivity index (χ0) is 25.7. The molecule has 2 aromatic rings. The molecule has 0 aliphatic carbocycles. The lowest BCUT2D eigenvalue weighted by Gasteiger charge is -2.38. The fourth-order valence-corrected chi connectivity index (χ4v) is 5.22. The third-order valence-electron chi connectivity index (χ3n) is 7.31. The summed E-state index contributed by atoms with van der Waals surface area (Å²) >= 11 is 0. The monoisotopic (exact) mass is 493 g/mol. The summed E-state index contributed by atoms with van der Waals surface area (Å²) < 4.78 is 11.0. The van der Waals surface area contributed by atoms with Gasteiger partial charge in [0.05, 0.1) is 43.6 Å². The van der Waals surface area contributed by atoms with Crippen LogP contribution in [0.3, 0.4) is 0 Å². The van der Waals surface area contributed by atoms with E-state index in [-0.39, 0.29) is 30.3 Å². The van der Waals surface area contributed by atoms with Crippen molar-refractivity contribution in [3.8, 4) is 5.75 Å². The summed E-state index contributed by atoms with van der Waals surface area (Å²) in [6, 6.07) is 12.2. The minimum atomic E-state index is -0.323. The fourth-order valence-electron chi connectivity index (χ4n) is 5.22. The first kappa shape index (κ1) is 25.9. The summed E-state index contributed by atoms with van der Waals surface area (Å²) in [5.74, 6) is 0.0293. The Bertz CT molecular complexity index is 1070. The molecule has 0 bridgehead atoms. The van der Waals surface area contributed by atoms with Crippen molar-refractivity contribution in [2.24, 2.45) is 5.92 Å². The van der Waals surface area contributed by atoms with E-state index in [0.717, 1.165) is 25.9 Å². The zero-order valence-electron chi connectivity index (χ0n) is 21.3. The topological polar surface area (TPSA) is 88.2 Å². The number of nitrogens with zero attached hydrogens (tertiary/aromatic N) is 2. The number of hydrogen-bond acceptors (Lipinski definition) is 6. The highest BCUT2D eigenvalue weighted by molar-refractivity contribution is 6.21. The van der Waals surface area contributed by atoms with E-state index in [9.17, 15) is 14.4 Å². The third kappa shape index (κ3) is 5.29. The summed E-state index contributed by atoms with van der Waals surface area (Å²) in [5.41, 5.74) is 1.88. The summed E-state index contributed by atoms with van der Waals surface area (Å²) in [6.45, 7) is 8.12. The molecule has 1 fully saturated rings. The van der Waals surface area contributed by atoms with E-state index >= 15 is 0 Å². The molecule has 4 rings (SSSR count). The molecule has 1 unspecified atom stereocenters. The number of hydrogen-bond donors (Lipinski definition) is 1.